The van der Waals surface area contributed by atoms with Crippen molar-refractivity contribution in [3.63, 3.8) is 0 Å². The predicted molar refractivity (Wildman–Crippen MR) is 259 cm³/mol. The number of rotatable bonds is 43. The van der Waals surface area contributed by atoms with Gasteiger partial charge in [0.05, 0.1) is 25.2 Å². The summed E-state index contributed by atoms with van der Waals surface area (Å²) in [6.07, 6.45) is 61.1. The molecule has 0 aromatic heterocycles. The fourth-order valence-corrected chi connectivity index (χ4v) is 6.97. The van der Waals surface area contributed by atoms with E-state index in [1.54, 1.807) is 6.08 Å². The number of amides is 1. The van der Waals surface area contributed by atoms with Crippen molar-refractivity contribution in [2.45, 2.75) is 238 Å². The summed E-state index contributed by atoms with van der Waals surface area (Å²) in [5.41, 5.74) is 0. The highest BCUT2D eigenvalue weighted by Gasteiger charge is 2.23. The standard InChI is InChI=1S/C54H93NO5/c1-4-7-10-13-16-19-22-24-26-27-29-32-35-38-41-44-47-54(59)60-50(45-42-39-36-33-30-21-18-15-12-9-6-3)48-53(58)55-51(49-56)52(57)46-43-40-37-34-31-28-25-23-20-17-14-11-8-5-2/h7,10,16,19,24,26,29,32-33,36,38,41-42,45,50-52,56-57H,4-6,8-9,11-15,17-18,20-23,25,27-28,30-31,34-35,37,39-40,43-44,46-49H2,1-3H3,(H,55,58)/b10-7+,19-16+,26-24+,32-29+,36-33-,41-38+,45-42+. The Labute approximate surface area is 370 Å². The number of hydrogen-bond acceptors (Lipinski definition) is 5. The molecule has 0 aromatic carbocycles. The van der Waals surface area contributed by atoms with E-state index in [2.05, 4.69) is 92.9 Å². The van der Waals surface area contributed by atoms with Crippen molar-refractivity contribution in [3.05, 3.63) is 85.1 Å². The van der Waals surface area contributed by atoms with Crippen LogP contribution in [0.3, 0.4) is 0 Å². The smallest absolute Gasteiger partial charge is 0.306 e. The van der Waals surface area contributed by atoms with Crippen LogP contribution >= 0.6 is 0 Å². The molecule has 0 aromatic rings. The normalized spacial score (nSPS) is 14.0. The predicted octanol–water partition coefficient (Wildman–Crippen LogP) is 14.8. The van der Waals surface area contributed by atoms with Crippen LogP contribution in [0.25, 0.3) is 0 Å². The number of aliphatic hydroxyl groups excluding tert-OH is 2. The molecule has 0 aliphatic carbocycles. The van der Waals surface area contributed by atoms with Gasteiger partial charge in [-0.25, -0.2) is 0 Å². The van der Waals surface area contributed by atoms with Gasteiger partial charge in [-0.3, -0.25) is 9.59 Å². The van der Waals surface area contributed by atoms with Crippen LogP contribution in [0.2, 0.25) is 0 Å². The Kier molecular flexibility index (Phi) is 44.8. The van der Waals surface area contributed by atoms with Crippen molar-refractivity contribution < 1.29 is 24.5 Å². The van der Waals surface area contributed by atoms with Crippen molar-refractivity contribution in [1.82, 2.24) is 5.32 Å². The molecule has 6 heteroatoms. The monoisotopic (exact) mass is 836 g/mol. The van der Waals surface area contributed by atoms with Crippen molar-refractivity contribution in [3.8, 4) is 0 Å². The molecule has 0 fully saturated rings. The van der Waals surface area contributed by atoms with Crippen molar-refractivity contribution in [1.29, 1.82) is 0 Å². The van der Waals surface area contributed by atoms with Crippen molar-refractivity contribution in [2.75, 3.05) is 6.61 Å². The topological polar surface area (TPSA) is 95.9 Å². The SMILES string of the molecule is CC/C=C/C/C=C/C/C=C/C/C=C/C/C=C/CCC(=O)OC(/C=C/C/C=C\CCCCCCCC)CC(=O)NC(CO)C(O)CCCCCCCCCCCCCCCC. The molecule has 0 saturated heterocycles. The molecule has 3 unspecified atom stereocenters. The first-order valence-corrected chi connectivity index (χ1v) is 24.8. The highest BCUT2D eigenvalue weighted by Crippen LogP contribution is 2.15. The number of carbonyl (C=O) groups is 2. The second kappa shape index (κ2) is 47.1. The minimum Gasteiger partial charge on any atom is -0.458 e. The maximum atomic E-state index is 13.1. The van der Waals surface area contributed by atoms with Crippen LogP contribution in [0.1, 0.15) is 220 Å². The molecular formula is C54H93NO5. The molecular weight excluding hydrogens is 743 g/mol. The summed E-state index contributed by atoms with van der Waals surface area (Å²) in [7, 11) is 0. The van der Waals surface area contributed by atoms with Crippen molar-refractivity contribution >= 4 is 11.9 Å². The Bertz CT molecular complexity index is 1160. The van der Waals surface area contributed by atoms with Gasteiger partial charge in [-0.1, -0.05) is 222 Å². The van der Waals surface area contributed by atoms with E-state index in [0.717, 1.165) is 57.8 Å². The van der Waals surface area contributed by atoms with Gasteiger partial charge in [0.15, 0.2) is 0 Å². The Morgan fingerprint density at radius 3 is 1.42 bits per heavy atom. The third kappa shape index (κ3) is 41.8. The van der Waals surface area contributed by atoms with E-state index in [4.69, 9.17) is 4.74 Å². The highest BCUT2D eigenvalue weighted by atomic mass is 16.5. The zero-order valence-corrected chi connectivity index (χ0v) is 39.1. The van der Waals surface area contributed by atoms with Crippen molar-refractivity contribution in [2.24, 2.45) is 0 Å². The number of esters is 1. The summed E-state index contributed by atoms with van der Waals surface area (Å²) < 4.78 is 5.77. The van der Waals surface area contributed by atoms with Crippen LogP contribution in [0.15, 0.2) is 85.1 Å². The number of unbranched alkanes of at least 4 members (excludes halogenated alkanes) is 19. The van der Waals surface area contributed by atoms with Crippen LogP contribution in [0, 0.1) is 0 Å². The lowest BCUT2D eigenvalue weighted by Crippen LogP contribution is -2.46. The van der Waals surface area contributed by atoms with Crippen LogP contribution in [0.4, 0.5) is 0 Å². The maximum absolute atomic E-state index is 13.1. The third-order valence-corrected chi connectivity index (χ3v) is 10.7. The maximum Gasteiger partial charge on any atom is 0.306 e. The Morgan fingerprint density at radius 1 is 0.517 bits per heavy atom. The van der Waals surface area contributed by atoms with E-state index in [1.165, 1.54) is 109 Å². The lowest BCUT2D eigenvalue weighted by Gasteiger charge is -2.23. The fourth-order valence-electron chi connectivity index (χ4n) is 6.97. The molecule has 6 nitrogen and oxygen atoms in total. The molecule has 0 aliphatic heterocycles. The van der Waals surface area contributed by atoms with E-state index in [0.29, 0.717) is 19.3 Å². The zero-order chi connectivity index (χ0) is 43.8. The highest BCUT2D eigenvalue weighted by molar-refractivity contribution is 5.78. The molecule has 0 heterocycles. The Hall–Kier alpha value is -2.96. The van der Waals surface area contributed by atoms with Gasteiger partial charge in [0, 0.05) is 6.42 Å². The van der Waals surface area contributed by atoms with Gasteiger partial charge in [0.25, 0.3) is 0 Å². The lowest BCUT2D eigenvalue weighted by molar-refractivity contribution is -0.148. The van der Waals surface area contributed by atoms with Gasteiger partial charge >= 0.3 is 5.97 Å². The van der Waals surface area contributed by atoms with Crippen LogP contribution < -0.4 is 5.32 Å². The molecule has 0 saturated carbocycles. The van der Waals surface area contributed by atoms with Gasteiger partial charge in [-0.15, -0.1) is 0 Å². The summed E-state index contributed by atoms with van der Waals surface area (Å²) in [5, 5.41) is 23.6. The summed E-state index contributed by atoms with van der Waals surface area (Å²) in [4.78, 5) is 26.0. The average Bonchev–Trinajstić information content (AvgIpc) is 3.24. The first-order valence-electron chi connectivity index (χ1n) is 24.8. The Morgan fingerprint density at radius 2 is 0.933 bits per heavy atom. The lowest BCUT2D eigenvalue weighted by atomic mass is 10.0. The molecule has 1 amide bonds. The summed E-state index contributed by atoms with van der Waals surface area (Å²) in [6.45, 7) is 6.30. The van der Waals surface area contributed by atoms with E-state index >= 15 is 0 Å². The molecule has 0 spiro atoms. The van der Waals surface area contributed by atoms with Gasteiger partial charge in [-0.2, -0.15) is 0 Å². The third-order valence-electron chi connectivity index (χ3n) is 10.7. The number of allylic oxidation sites excluding steroid dienone is 13. The molecule has 0 rings (SSSR count). The second-order valence-corrected chi connectivity index (χ2v) is 16.5. The summed E-state index contributed by atoms with van der Waals surface area (Å²) >= 11 is 0. The second-order valence-electron chi connectivity index (χ2n) is 16.5. The minimum absolute atomic E-state index is 0.0620. The molecule has 3 atom stereocenters. The van der Waals surface area contributed by atoms with E-state index < -0.39 is 18.2 Å². The van der Waals surface area contributed by atoms with Gasteiger partial charge in [0.1, 0.15) is 6.10 Å². The van der Waals surface area contributed by atoms with E-state index in [-0.39, 0.29) is 31.3 Å². The summed E-state index contributed by atoms with van der Waals surface area (Å²) in [5.74, 6) is -0.707. The zero-order valence-electron chi connectivity index (χ0n) is 39.1. The molecule has 60 heavy (non-hydrogen) atoms. The fraction of sp³-hybridized carbons (Fsp3) is 0.704. The van der Waals surface area contributed by atoms with Gasteiger partial charge in [0.2, 0.25) is 5.91 Å². The number of ether oxygens (including phenoxy) is 1. The van der Waals surface area contributed by atoms with E-state index in [1.807, 2.05) is 12.2 Å². The molecule has 0 radical (unpaired) electrons. The van der Waals surface area contributed by atoms with E-state index in [9.17, 15) is 19.8 Å². The number of aliphatic hydroxyl groups is 2. The quantitative estimate of drug-likeness (QED) is 0.0323. The number of carbonyl (C=O) groups excluding carboxylic acids is 2. The first kappa shape index (κ1) is 57.0. The van der Waals surface area contributed by atoms with Crippen LogP contribution in [-0.4, -0.2) is 46.9 Å². The number of nitrogens with one attached hydrogen (secondary N) is 1. The van der Waals surface area contributed by atoms with Crippen LogP contribution in [-0.2, 0) is 14.3 Å². The van der Waals surface area contributed by atoms with Gasteiger partial charge in [-0.05, 0) is 70.3 Å². The molecule has 344 valence electrons. The summed E-state index contributed by atoms with van der Waals surface area (Å²) in [6, 6.07) is -0.750. The molecule has 0 bridgehead atoms. The largest absolute Gasteiger partial charge is 0.458 e. The van der Waals surface area contributed by atoms with Gasteiger partial charge < -0.3 is 20.3 Å². The first-order chi connectivity index (χ1) is 29.5. The number of hydrogen-bond donors (Lipinski definition) is 3. The molecule has 0 aliphatic rings. The minimum atomic E-state index is -0.826. The molecule has 3 N–H and O–H groups in total. The average molecular weight is 836 g/mol. The van der Waals surface area contributed by atoms with Crippen LogP contribution in [0.5, 0.6) is 0 Å². The Balaban J connectivity index is 4.73.